The number of carbonyl (C=O) groups is 2. The normalized spacial score (nSPS) is 14.2. The molecule has 2 amide bonds. The van der Waals surface area contributed by atoms with E-state index in [1.807, 2.05) is 4.90 Å². The summed E-state index contributed by atoms with van der Waals surface area (Å²) < 4.78 is 5.21. The lowest BCUT2D eigenvalue weighted by molar-refractivity contribution is -0.127. The van der Waals surface area contributed by atoms with Gasteiger partial charge in [-0.15, -0.1) is 0 Å². The fourth-order valence-corrected chi connectivity index (χ4v) is 2.76. The molecule has 6 nitrogen and oxygen atoms in total. The van der Waals surface area contributed by atoms with E-state index in [2.05, 4.69) is 10.5 Å². The summed E-state index contributed by atoms with van der Waals surface area (Å²) in [6.45, 7) is 1.99. The number of carbonyl (C=O) groups excluding carboxylic acids is 2. The van der Waals surface area contributed by atoms with Gasteiger partial charge in [0, 0.05) is 42.7 Å². The minimum absolute atomic E-state index is 0.199. The van der Waals surface area contributed by atoms with Crippen molar-refractivity contribution in [3.63, 3.8) is 0 Å². The molecule has 1 aliphatic heterocycles. The molecule has 1 N–H and O–H groups in total. The van der Waals surface area contributed by atoms with Crippen molar-refractivity contribution in [1.29, 1.82) is 0 Å². The second kappa shape index (κ2) is 7.49. The SMILES string of the molecule is O=C(NCCCN1CCCC1=O)c1cc(-c2ccc(Cl)cc2)on1. The Morgan fingerprint density at radius 3 is 2.83 bits per heavy atom. The number of nitrogens with one attached hydrogen (secondary N) is 1. The molecule has 0 aliphatic carbocycles. The molecule has 2 heterocycles. The summed E-state index contributed by atoms with van der Waals surface area (Å²) >= 11 is 5.85. The molecule has 1 aromatic heterocycles. The number of hydrogen-bond acceptors (Lipinski definition) is 4. The van der Waals surface area contributed by atoms with E-state index in [0.29, 0.717) is 30.3 Å². The largest absolute Gasteiger partial charge is 0.355 e. The second-order valence-corrected chi connectivity index (χ2v) is 6.11. The summed E-state index contributed by atoms with van der Waals surface area (Å²) in [5.74, 6) is 0.427. The van der Waals surface area contributed by atoms with Gasteiger partial charge in [-0.1, -0.05) is 16.8 Å². The van der Waals surface area contributed by atoms with E-state index >= 15 is 0 Å². The zero-order chi connectivity index (χ0) is 16.9. The van der Waals surface area contributed by atoms with Gasteiger partial charge in [0.2, 0.25) is 5.91 Å². The first kappa shape index (κ1) is 16.5. The van der Waals surface area contributed by atoms with Gasteiger partial charge in [-0.05, 0) is 37.1 Å². The molecule has 0 radical (unpaired) electrons. The van der Waals surface area contributed by atoms with Crippen molar-refractivity contribution in [3.8, 4) is 11.3 Å². The first-order chi connectivity index (χ1) is 11.6. The maximum absolute atomic E-state index is 12.1. The summed E-state index contributed by atoms with van der Waals surface area (Å²) in [5, 5.41) is 7.22. The van der Waals surface area contributed by atoms with Crippen LogP contribution >= 0.6 is 11.6 Å². The van der Waals surface area contributed by atoms with Crippen LogP contribution in [0.25, 0.3) is 11.3 Å². The Balaban J connectivity index is 1.48. The Kier molecular flexibility index (Phi) is 5.15. The van der Waals surface area contributed by atoms with Gasteiger partial charge in [0.1, 0.15) is 0 Å². The van der Waals surface area contributed by atoms with Crippen LogP contribution in [-0.4, -0.2) is 41.5 Å². The number of likely N-dealkylation sites (tertiary alicyclic amines) is 1. The summed E-state index contributed by atoms with van der Waals surface area (Å²) in [6, 6.07) is 8.70. The minimum atomic E-state index is -0.285. The smallest absolute Gasteiger partial charge is 0.273 e. The van der Waals surface area contributed by atoms with E-state index < -0.39 is 0 Å². The highest BCUT2D eigenvalue weighted by molar-refractivity contribution is 6.30. The molecule has 1 fully saturated rings. The summed E-state index contributed by atoms with van der Waals surface area (Å²) in [7, 11) is 0. The zero-order valence-electron chi connectivity index (χ0n) is 13.1. The lowest BCUT2D eigenvalue weighted by Gasteiger charge is -2.14. The van der Waals surface area contributed by atoms with Crippen molar-refractivity contribution in [1.82, 2.24) is 15.4 Å². The Morgan fingerprint density at radius 1 is 1.33 bits per heavy atom. The molecule has 1 saturated heterocycles. The van der Waals surface area contributed by atoms with E-state index in [1.54, 1.807) is 30.3 Å². The lowest BCUT2D eigenvalue weighted by atomic mass is 10.1. The first-order valence-electron chi connectivity index (χ1n) is 7.92. The van der Waals surface area contributed by atoms with Crippen LogP contribution in [0.3, 0.4) is 0 Å². The molecule has 2 aromatic rings. The van der Waals surface area contributed by atoms with Crippen LogP contribution in [0, 0.1) is 0 Å². The highest BCUT2D eigenvalue weighted by Crippen LogP contribution is 2.22. The van der Waals surface area contributed by atoms with E-state index in [-0.39, 0.29) is 17.5 Å². The molecule has 3 rings (SSSR count). The molecule has 0 unspecified atom stereocenters. The monoisotopic (exact) mass is 347 g/mol. The third-order valence-corrected chi connectivity index (χ3v) is 4.19. The molecule has 24 heavy (non-hydrogen) atoms. The van der Waals surface area contributed by atoms with Crippen LogP contribution in [-0.2, 0) is 4.79 Å². The molecule has 7 heteroatoms. The van der Waals surface area contributed by atoms with E-state index in [9.17, 15) is 9.59 Å². The molecule has 0 atom stereocenters. The van der Waals surface area contributed by atoms with Gasteiger partial charge >= 0.3 is 0 Å². The zero-order valence-corrected chi connectivity index (χ0v) is 13.9. The standard InChI is InChI=1S/C17H18ClN3O3/c18-13-6-4-12(5-7-13)15-11-14(20-24-15)17(23)19-8-2-10-21-9-1-3-16(21)22/h4-7,11H,1-3,8-10H2,(H,19,23). The Bertz CT molecular complexity index is 727. The van der Waals surface area contributed by atoms with Crippen molar-refractivity contribution in [2.45, 2.75) is 19.3 Å². The van der Waals surface area contributed by atoms with Crippen LogP contribution in [0.1, 0.15) is 29.8 Å². The predicted octanol–water partition coefficient (Wildman–Crippen LogP) is 2.74. The van der Waals surface area contributed by atoms with E-state index in [0.717, 1.165) is 24.9 Å². The number of benzene rings is 1. The summed E-state index contributed by atoms with van der Waals surface area (Å²) in [4.78, 5) is 25.4. The summed E-state index contributed by atoms with van der Waals surface area (Å²) in [6.07, 6.45) is 2.29. The summed E-state index contributed by atoms with van der Waals surface area (Å²) in [5.41, 5.74) is 1.04. The quantitative estimate of drug-likeness (QED) is 0.815. The van der Waals surface area contributed by atoms with Crippen LogP contribution < -0.4 is 5.32 Å². The highest BCUT2D eigenvalue weighted by atomic mass is 35.5. The number of rotatable bonds is 6. The van der Waals surface area contributed by atoms with Crippen molar-refractivity contribution in [2.75, 3.05) is 19.6 Å². The average molecular weight is 348 g/mol. The van der Waals surface area contributed by atoms with E-state index in [1.165, 1.54) is 0 Å². The third kappa shape index (κ3) is 3.94. The Morgan fingerprint density at radius 2 is 2.12 bits per heavy atom. The molecular formula is C17H18ClN3O3. The van der Waals surface area contributed by atoms with Crippen LogP contribution in [0.4, 0.5) is 0 Å². The third-order valence-electron chi connectivity index (χ3n) is 3.93. The predicted molar refractivity (Wildman–Crippen MR) is 89.7 cm³/mol. The van der Waals surface area contributed by atoms with Gasteiger partial charge in [-0.25, -0.2) is 0 Å². The van der Waals surface area contributed by atoms with Crippen LogP contribution in [0.2, 0.25) is 5.02 Å². The number of aromatic nitrogens is 1. The maximum atomic E-state index is 12.1. The van der Waals surface area contributed by atoms with Crippen LogP contribution in [0.5, 0.6) is 0 Å². The second-order valence-electron chi connectivity index (χ2n) is 5.68. The molecule has 126 valence electrons. The number of halogens is 1. The van der Waals surface area contributed by atoms with Crippen molar-refractivity contribution >= 4 is 23.4 Å². The van der Waals surface area contributed by atoms with Crippen molar-refractivity contribution in [3.05, 3.63) is 41.0 Å². The fraction of sp³-hybridized carbons (Fsp3) is 0.353. The lowest BCUT2D eigenvalue weighted by Crippen LogP contribution is -2.30. The average Bonchev–Trinajstić information content (AvgIpc) is 3.22. The van der Waals surface area contributed by atoms with Crippen molar-refractivity contribution < 1.29 is 14.1 Å². The number of nitrogens with zero attached hydrogens (tertiary/aromatic N) is 2. The molecule has 0 saturated carbocycles. The molecule has 1 aromatic carbocycles. The van der Waals surface area contributed by atoms with Gasteiger partial charge < -0.3 is 14.7 Å². The maximum Gasteiger partial charge on any atom is 0.273 e. The Labute approximate surface area is 144 Å². The number of amides is 2. The first-order valence-corrected chi connectivity index (χ1v) is 8.30. The van der Waals surface area contributed by atoms with Crippen molar-refractivity contribution in [2.24, 2.45) is 0 Å². The van der Waals surface area contributed by atoms with E-state index in [4.69, 9.17) is 16.1 Å². The molecule has 0 spiro atoms. The topological polar surface area (TPSA) is 75.4 Å². The minimum Gasteiger partial charge on any atom is -0.355 e. The highest BCUT2D eigenvalue weighted by Gasteiger charge is 2.19. The van der Waals surface area contributed by atoms with Gasteiger partial charge in [0.15, 0.2) is 11.5 Å². The van der Waals surface area contributed by atoms with Gasteiger partial charge in [-0.2, -0.15) is 0 Å². The van der Waals surface area contributed by atoms with Gasteiger partial charge in [0.05, 0.1) is 0 Å². The molecule has 1 aliphatic rings. The number of hydrogen-bond donors (Lipinski definition) is 1. The fourth-order valence-electron chi connectivity index (χ4n) is 2.64. The van der Waals surface area contributed by atoms with Gasteiger partial charge in [0.25, 0.3) is 5.91 Å². The van der Waals surface area contributed by atoms with Gasteiger partial charge in [-0.3, -0.25) is 9.59 Å². The Hall–Kier alpha value is -2.34. The van der Waals surface area contributed by atoms with Crippen LogP contribution in [0.15, 0.2) is 34.9 Å². The molecular weight excluding hydrogens is 330 g/mol. The molecule has 0 bridgehead atoms.